The van der Waals surface area contributed by atoms with Crippen molar-refractivity contribution in [1.29, 1.82) is 0 Å². The molecular weight excluding hydrogens is 336 g/mol. The Morgan fingerprint density at radius 3 is 2.84 bits per heavy atom. The molecule has 1 fully saturated rings. The third-order valence-corrected chi connectivity index (χ3v) is 5.43. The van der Waals surface area contributed by atoms with Crippen LogP contribution in [0.2, 0.25) is 0 Å². The van der Waals surface area contributed by atoms with Gasteiger partial charge in [0.2, 0.25) is 0 Å². The number of ether oxygens (including phenoxy) is 1. The number of aromatic nitrogens is 1. The summed E-state index contributed by atoms with van der Waals surface area (Å²) in [6.45, 7) is 4.60. The van der Waals surface area contributed by atoms with Crippen molar-refractivity contribution < 1.29 is 9.53 Å². The fraction of sp³-hybridized carbons (Fsp3) is 0.556. The average molecular weight is 362 g/mol. The van der Waals surface area contributed by atoms with Gasteiger partial charge < -0.3 is 20.7 Å². The predicted molar refractivity (Wildman–Crippen MR) is 103 cm³/mol. The Balaban J connectivity index is 1.64. The zero-order valence-corrected chi connectivity index (χ0v) is 15.3. The van der Waals surface area contributed by atoms with E-state index in [1.165, 1.54) is 0 Å². The molecule has 0 bridgehead atoms. The molecule has 1 aromatic carbocycles. The van der Waals surface area contributed by atoms with Crippen LogP contribution in [0.1, 0.15) is 36.0 Å². The Morgan fingerprint density at radius 1 is 1.24 bits per heavy atom. The molecule has 136 valence electrons. The standard InChI is InChI=1S/C18H26N4O2S/c19-8-3-1-2-4-9-20-17(23)14-6-5-7-15-16(14)21-18(25-15)22-10-12-24-13-11-22/h5-7H,1-4,8-13,19H2,(H,20,23). The number of nitrogens with zero attached hydrogens (tertiary/aromatic N) is 2. The van der Waals surface area contributed by atoms with Crippen LogP contribution >= 0.6 is 11.3 Å². The molecule has 3 rings (SSSR count). The molecule has 2 heterocycles. The molecule has 25 heavy (non-hydrogen) atoms. The van der Waals surface area contributed by atoms with E-state index in [1.54, 1.807) is 11.3 Å². The number of carbonyl (C=O) groups excluding carboxylic acids is 1. The first-order valence-electron chi connectivity index (χ1n) is 9.00. The lowest BCUT2D eigenvalue weighted by molar-refractivity contribution is 0.0954. The molecule has 0 aliphatic carbocycles. The highest BCUT2D eigenvalue weighted by atomic mass is 32.1. The van der Waals surface area contributed by atoms with E-state index in [1.807, 2.05) is 18.2 Å². The van der Waals surface area contributed by atoms with E-state index in [2.05, 4.69) is 10.2 Å². The first-order valence-corrected chi connectivity index (χ1v) is 9.82. The molecule has 0 atom stereocenters. The second-order valence-electron chi connectivity index (χ2n) is 6.21. The van der Waals surface area contributed by atoms with Crippen LogP contribution < -0.4 is 16.0 Å². The van der Waals surface area contributed by atoms with E-state index < -0.39 is 0 Å². The second-order valence-corrected chi connectivity index (χ2v) is 7.22. The number of fused-ring (bicyclic) bond motifs is 1. The topological polar surface area (TPSA) is 80.5 Å². The lowest BCUT2D eigenvalue weighted by Gasteiger charge is -2.25. The van der Waals surface area contributed by atoms with Crippen molar-refractivity contribution in [2.45, 2.75) is 25.7 Å². The number of thiazole rings is 1. The Bertz CT molecular complexity index is 697. The molecule has 0 radical (unpaired) electrons. The molecule has 1 aromatic heterocycles. The van der Waals surface area contributed by atoms with Gasteiger partial charge in [-0.25, -0.2) is 4.98 Å². The number of carbonyl (C=O) groups is 1. The maximum atomic E-state index is 12.5. The van der Waals surface area contributed by atoms with Gasteiger partial charge in [0.05, 0.1) is 29.0 Å². The van der Waals surface area contributed by atoms with Crippen LogP contribution in [0.5, 0.6) is 0 Å². The molecule has 0 unspecified atom stereocenters. The van der Waals surface area contributed by atoms with Gasteiger partial charge in [-0.2, -0.15) is 0 Å². The number of nitrogens with two attached hydrogens (primary N) is 1. The van der Waals surface area contributed by atoms with Crippen molar-refractivity contribution in [3.8, 4) is 0 Å². The van der Waals surface area contributed by atoms with Gasteiger partial charge in [0.1, 0.15) is 0 Å². The van der Waals surface area contributed by atoms with Crippen LogP contribution in [0, 0.1) is 0 Å². The van der Waals surface area contributed by atoms with Gasteiger partial charge in [0.15, 0.2) is 5.13 Å². The summed E-state index contributed by atoms with van der Waals surface area (Å²) in [5.74, 6) is -0.0387. The monoisotopic (exact) mass is 362 g/mol. The first kappa shape index (κ1) is 18.1. The minimum atomic E-state index is -0.0387. The molecule has 0 saturated carbocycles. The Labute approximate surface area is 152 Å². The Kier molecular flexibility index (Phi) is 6.61. The molecule has 7 heteroatoms. The summed E-state index contributed by atoms with van der Waals surface area (Å²) in [4.78, 5) is 19.5. The van der Waals surface area contributed by atoms with Gasteiger partial charge in [-0.15, -0.1) is 0 Å². The van der Waals surface area contributed by atoms with E-state index in [0.717, 1.165) is 73.9 Å². The van der Waals surface area contributed by atoms with Crippen molar-refractivity contribution >= 4 is 32.6 Å². The van der Waals surface area contributed by atoms with Crippen molar-refractivity contribution in [1.82, 2.24) is 10.3 Å². The quantitative estimate of drug-likeness (QED) is 0.705. The van der Waals surface area contributed by atoms with Crippen molar-refractivity contribution in [3.05, 3.63) is 23.8 Å². The number of para-hydroxylation sites is 1. The zero-order valence-electron chi connectivity index (χ0n) is 14.5. The normalized spacial score (nSPS) is 14.8. The molecule has 1 amide bonds. The molecule has 1 aliphatic heterocycles. The highest BCUT2D eigenvalue weighted by molar-refractivity contribution is 7.22. The molecule has 6 nitrogen and oxygen atoms in total. The van der Waals surface area contributed by atoms with Gasteiger partial charge in [0.25, 0.3) is 5.91 Å². The van der Waals surface area contributed by atoms with Crippen LogP contribution in [0.3, 0.4) is 0 Å². The van der Waals surface area contributed by atoms with E-state index in [0.29, 0.717) is 12.1 Å². The number of hydrogen-bond acceptors (Lipinski definition) is 6. The highest BCUT2D eigenvalue weighted by Gasteiger charge is 2.18. The number of anilines is 1. The van der Waals surface area contributed by atoms with Crippen LogP contribution in [-0.4, -0.2) is 50.3 Å². The minimum absolute atomic E-state index is 0.0387. The van der Waals surface area contributed by atoms with Crippen molar-refractivity contribution in [2.24, 2.45) is 5.73 Å². The maximum absolute atomic E-state index is 12.5. The van der Waals surface area contributed by atoms with Gasteiger partial charge in [-0.05, 0) is 31.5 Å². The Morgan fingerprint density at radius 2 is 2.04 bits per heavy atom. The largest absolute Gasteiger partial charge is 0.378 e. The number of nitrogens with one attached hydrogen (secondary N) is 1. The van der Waals surface area contributed by atoms with Gasteiger partial charge >= 0.3 is 0 Å². The number of hydrogen-bond donors (Lipinski definition) is 2. The van der Waals surface area contributed by atoms with Crippen LogP contribution in [-0.2, 0) is 4.74 Å². The molecule has 2 aromatic rings. The lowest BCUT2D eigenvalue weighted by atomic mass is 10.1. The molecular formula is C18H26N4O2S. The van der Waals surface area contributed by atoms with E-state index >= 15 is 0 Å². The minimum Gasteiger partial charge on any atom is -0.378 e. The number of amides is 1. The number of unbranched alkanes of at least 4 members (excludes halogenated alkanes) is 3. The third-order valence-electron chi connectivity index (χ3n) is 4.35. The van der Waals surface area contributed by atoms with Crippen LogP contribution in [0.15, 0.2) is 18.2 Å². The summed E-state index contributed by atoms with van der Waals surface area (Å²) in [5, 5.41) is 3.99. The SMILES string of the molecule is NCCCCCCNC(=O)c1cccc2sc(N3CCOCC3)nc12. The fourth-order valence-corrected chi connectivity index (χ4v) is 3.97. The van der Waals surface area contributed by atoms with Gasteiger partial charge in [-0.1, -0.05) is 30.2 Å². The average Bonchev–Trinajstić information content (AvgIpc) is 3.09. The number of morpholine rings is 1. The zero-order chi connectivity index (χ0) is 17.5. The second kappa shape index (κ2) is 9.12. The highest BCUT2D eigenvalue weighted by Crippen LogP contribution is 2.31. The summed E-state index contributed by atoms with van der Waals surface area (Å²) < 4.78 is 6.45. The molecule has 1 aliphatic rings. The molecule has 3 N–H and O–H groups in total. The van der Waals surface area contributed by atoms with E-state index in [-0.39, 0.29) is 5.91 Å². The summed E-state index contributed by atoms with van der Waals surface area (Å²) >= 11 is 1.64. The fourth-order valence-electron chi connectivity index (χ4n) is 2.93. The summed E-state index contributed by atoms with van der Waals surface area (Å²) in [7, 11) is 0. The Hall–Kier alpha value is -1.70. The third kappa shape index (κ3) is 4.68. The van der Waals surface area contributed by atoms with Crippen LogP contribution in [0.4, 0.5) is 5.13 Å². The van der Waals surface area contributed by atoms with E-state index in [4.69, 9.17) is 15.5 Å². The predicted octanol–water partition coefficient (Wildman–Crippen LogP) is 2.38. The van der Waals surface area contributed by atoms with Crippen molar-refractivity contribution in [2.75, 3.05) is 44.3 Å². The first-order chi connectivity index (χ1) is 12.3. The number of benzene rings is 1. The maximum Gasteiger partial charge on any atom is 0.253 e. The number of rotatable bonds is 8. The summed E-state index contributed by atoms with van der Waals surface area (Å²) in [6.07, 6.45) is 4.25. The van der Waals surface area contributed by atoms with Crippen molar-refractivity contribution in [3.63, 3.8) is 0 Å². The lowest BCUT2D eigenvalue weighted by Crippen LogP contribution is -2.36. The molecule has 0 spiro atoms. The molecule has 1 saturated heterocycles. The van der Waals surface area contributed by atoms with Gasteiger partial charge in [0, 0.05) is 19.6 Å². The van der Waals surface area contributed by atoms with Gasteiger partial charge in [-0.3, -0.25) is 4.79 Å². The smallest absolute Gasteiger partial charge is 0.253 e. The summed E-state index contributed by atoms with van der Waals surface area (Å²) in [6, 6.07) is 5.81. The van der Waals surface area contributed by atoms with Crippen LogP contribution in [0.25, 0.3) is 10.2 Å². The summed E-state index contributed by atoms with van der Waals surface area (Å²) in [5.41, 5.74) is 6.95. The van der Waals surface area contributed by atoms with E-state index in [9.17, 15) is 4.79 Å².